The molecule has 1 fully saturated rings. The summed E-state index contributed by atoms with van der Waals surface area (Å²) in [6.45, 7) is 2.31. The molecule has 3 rings (SSSR count). The fourth-order valence-corrected chi connectivity index (χ4v) is 3.94. The Morgan fingerprint density at radius 3 is 2.03 bits per heavy atom. The van der Waals surface area contributed by atoms with Crippen molar-refractivity contribution < 1.29 is 22.0 Å². The van der Waals surface area contributed by atoms with Gasteiger partial charge in [0.25, 0.3) is 0 Å². The lowest BCUT2D eigenvalue weighted by atomic mass is 9.80. The van der Waals surface area contributed by atoms with E-state index in [1.54, 1.807) is 12.1 Å². The number of alkyl halides is 3. The summed E-state index contributed by atoms with van der Waals surface area (Å²) < 4.78 is 65.1. The summed E-state index contributed by atoms with van der Waals surface area (Å²) in [5.41, 5.74) is 1.42. The van der Waals surface area contributed by atoms with E-state index >= 15 is 0 Å². The SMILES string of the molecule is CC1CCC(CCc2ccc(-c3cc(F)c(/C=C/C(F)(F)F)c(F)c3)cc2)CC1. The molecule has 0 bridgehead atoms. The molecule has 0 saturated heterocycles. The Morgan fingerprint density at radius 2 is 1.48 bits per heavy atom. The van der Waals surface area contributed by atoms with Gasteiger partial charge in [-0.2, -0.15) is 13.2 Å². The second-order valence-corrected chi connectivity index (χ2v) is 8.09. The average Bonchev–Trinajstić information content (AvgIpc) is 2.66. The molecule has 0 radical (unpaired) electrons. The van der Waals surface area contributed by atoms with E-state index in [1.807, 2.05) is 12.1 Å². The van der Waals surface area contributed by atoms with Crippen molar-refractivity contribution in [2.45, 2.75) is 51.6 Å². The van der Waals surface area contributed by atoms with Crippen LogP contribution in [0.1, 0.15) is 50.2 Å². The van der Waals surface area contributed by atoms with Crippen molar-refractivity contribution in [2.24, 2.45) is 11.8 Å². The van der Waals surface area contributed by atoms with Crippen LogP contribution >= 0.6 is 0 Å². The molecular weight excluding hydrogens is 383 g/mol. The molecule has 156 valence electrons. The molecule has 0 atom stereocenters. The van der Waals surface area contributed by atoms with Crippen molar-refractivity contribution in [2.75, 3.05) is 0 Å². The third-order valence-electron chi connectivity index (χ3n) is 5.78. The fraction of sp³-hybridized carbons (Fsp3) is 0.417. The van der Waals surface area contributed by atoms with Crippen LogP contribution in [-0.4, -0.2) is 6.18 Å². The number of allylic oxidation sites excluding steroid dienone is 1. The monoisotopic (exact) mass is 408 g/mol. The molecule has 1 aliphatic rings. The first-order valence-corrected chi connectivity index (χ1v) is 10.1. The lowest BCUT2D eigenvalue weighted by Gasteiger charge is -2.26. The highest BCUT2D eigenvalue weighted by atomic mass is 19.4. The predicted molar refractivity (Wildman–Crippen MR) is 106 cm³/mol. The Hall–Kier alpha value is -2.17. The molecule has 29 heavy (non-hydrogen) atoms. The van der Waals surface area contributed by atoms with Crippen molar-refractivity contribution in [3.8, 4) is 11.1 Å². The van der Waals surface area contributed by atoms with Gasteiger partial charge in [0.2, 0.25) is 0 Å². The Labute approximate surface area is 168 Å². The smallest absolute Gasteiger partial charge is 0.206 e. The number of benzene rings is 2. The van der Waals surface area contributed by atoms with E-state index in [2.05, 4.69) is 6.92 Å². The van der Waals surface area contributed by atoms with Crippen molar-refractivity contribution >= 4 is 6.08 Å². The molecule has 2 aromatic rings. The lowest BCUT2D eigenvalue weighted by molar-refractivity contribution is -0.0790. The molecule has 5 heteroatoms. The van der Waals surface area contributed by atoms with Crippen molar-refractivity contribution in [3.63, 3.8) is 0 Å². The van der Waals surface area contributed by atoms with E-state index in [0.29, 0.717) is 17.2 Å². The highest BCUT2D eigenvalue weighted by molar-refractivity contribution is 5.67. The zero-order valence-corrected chi connectivity index (χ0v) is 16.4. The van der Waals surface area contributed by atoms with Gasteiger partial charge >= 0.3 is 6.18 Å². The molecule has 2 aromatic carbocycles. The molecule has 0 N–H and O–H groups in total. The average molecular weight is 408 g/mol. The van der Waals surface area contributed by atoms with E-state index in [9.17, 15) is 22.0 Å². The maximum Gasteiger partial charge on any atom is 0.409 e. The number of halogens is 5. The lowest BCUT2D eigenvalue weighted by Crippen LogP contribution is -2.12. The Balaban J connectivity index is 1.67. The van der Waals surface area contributed by atoms with E-state index in [-0.39, 0.29) is 6.08 Å². The number of rotatable bonds is 5. The van der Waals surface area contributed by atoms with Crippen LogP contribution < -0.4 is 0 Å². The molecule has 0 spiro atoms. The minimum absolute atomic E-state index is 0.171. The Kier molecular flexibility index (Phi) is 6.76. The van der Waals surface area contributed by atoms with Crippen LogP contribution in [0.5, 0.6) is 0 Å². The van der Waals surface area contributed by atoms with Crippen LogP contribution in [0.2, 0.25) is 0 Å². The zero-order chi connectivity index (χ0) is 21.0. The maximum atomic E-state index is 14.1. The highest BCUT2D eigenvalue weighted by Crippen LogP contribution is 2.32. The molecule has 1 saturated carbocycles. The maximum absolute atomic E-state index is 14.1. The first kappa shape index (κ1) is 21.5. The summed E-state index contributed by atoms with van der Waals surface area (Å²) >= 11 is 0. The van der Waals surface area contributed by atoms with E-state index in [1.165, 1.54) is 31.2 Å². The van der Waals surface area contributed by atoms with Gasteiger partial charge in [0.1, 0.15) is 11.6 Å². The summed E-state index contributed by atoms with van der Waals surface area (Å²) in [4.78, 5) is 0. The number of aryl methyl sites for hydroxylation is 1. The van der Waals surface area contributed by atoms with Crippen LogP contribution in [0.25, 0.3) is 17.2 Å². The second-order valence-electron chi connectivity index (χ2n) is 8.09. The van der Waals surface area contributed by atoms with Gasteiger partial charge in [-0.15, -0.1) is 0 Å². The van der Waals surface area contributed by atoms with Crippen LogP contribution in [0.4, 0.5) is 22.0 Å². The summed E-state index contributed by atoms with van der Waals surface area (Å²) in [5, 5.41) is 0. The van der Waals surface area contributed by atoms with Crippen LogP contribution in [0.15, 0.2) is 42.5 Å². The summed E-state index contributed by atoms with van der Waals surface area (Å²) in [6, 6.07) is 9.65. The quantitative estimate of drug-likeness (QED) is 0.440. The molecular formula is C24H25F5. The molecule has 0 aliphatic heterocycles. The Morgan fingerprint density at radius 1 is 0.897 bits per heavy atom. The van der Waals surface area contributed by atoms with Gasteiger partial charge < -0.3 is 0 Å². The third-order valence-corrected chi connectivity index (χ3v) is 5.78. The van der Waals surface area contributed by atoms with Crippen molar-refractivity contribution in [3.05, 3.63) is 65.2 Å². The van der Waals surface area contributed by atoms with Gasteiger partial charge in [0, 0.05) is 11.6 Å². The molecule has 1 aliphatic carbocycles. The summed E-state index contributed by atoms with van der Waals surface area (Å²) in [7, 11) is 0. The predicted octanol–water partition coefficient (Wildman–Crippen LogP) is 7.97. The topological polar surface area (TPSA) is 0 Å². The van der Waals surface area contributed by atoms with Crippen molar-refractivity contribution in [1.82, 2.24) is 0 Å². The second kappa shape index (κ2) is 9.10. The van der Waals surface area contributed by atoms with Crippen LogP contribution in [0, 0.1) is 23.5 Å². The van der Waals surface area contributed by atoms with E-state index < -0.39 is 23.4 Å². The van der Waals surface area contributed by atoms with Crippen molar-refractivity contribution in [1.29, 1.82) is 0 Å². The first-order chi connectivity index (χ1) is 13.7. The molecule has 0 heterocycles. The number of hydrogen-bond donors (Lipinski definition) is 0. The first-order valence-electron chi connectivity index (χ1n) is 10.1. The standard InChI is InChI=1S/C24H25F5/c1-16-2-4-17(5-3-16)6-7-18-8-10-19(11-9-18)20-14-22(25)21(23(26)15-20)12-13-24(27,28)29/h8-17H,2-7H2,1H3/b13-12+. The zero-order valence-electron chi connectivity index (χ0n) is 16.4. The van der Waals surface area contributed by atoms with Gasteiger partial charge in [-0.3, -0.25) is 0 Å². The normalized spacial score (nSPS) is 20.3. The van der Waals surface area contributed by atoms with Gasteiger partial charge in [-0.25, -0.2) is 8.78 Å². The van der Waals surface area contributed by atoms with Gasteiger partial charge in [0.05, 0.1) is 0 Å². The molecule has 0 unspecified atom stereocenters. The van der Waals surface area contributed by atoms with Gasteiger partial charge in [-0.05, 0) is 59.6 Å². The van der Waals surface area contributed by atoms with E-state index in [4.69, 9.17) is 0 Å². The van der Waals surface area contributed by atoms with Crippen LogP contribution in [0.3, 0.4) is 0 Å². The number of hydrogen-bond acceptors (Lipinski definition) is 0. The molecule has 0 amide bonds. The summed E-state index contributed by atoms with van der Waals surface area (Å²) in [6.07, 6.45) is 2.92. The Bertz CT molecular complexity index is 818. The van der Waals surface area contributed by atoms with Gasteiger partial charge in [-0.1, -0.05) is 56.9 Å². The highest BCUT2D eigenvalue weighted by Gasteiger charge is 2.23. The van der Waals surface area contributed by atoms with Crippen LogP contribution in [-0.2, 0) is 6.42 Å². The largest absolute Gasteiger partial charge is 0.409 e. The minimum Gasteiger partial charge on any atom is -0.206 e. The third kappa shape index (κ3) is 6.15. The summed E-state index contributed by atoms with van der Waals surface area (Å²) in [5.74, 6) is -0.430. The minimum atomic E-state index is -4.62. The molecule has 0 nitrogen and oxygen atoms in total. The van der Waals surface area contributed by atoms with E-state index in [0.717, 1.165) is 36.8 Å². The molecule has 0 aromatic heterocycles. The van der Waals surface area contributed by atoms with Gasteiger partial charge in [0.15, 0.2) is 0 Å². The fourth-order valence-electron chi connectivity index (χ4n) is 3.94.